The van der Waals surface area contributed by atoms with E-state index < -0.39 is 10.0 Å². The van der Waals surface area contributed by atoms with Crippen molar-refractivity contribution < 1.29 is 18.0 Å². The molecular formula is C32H34N6O4S4. The minimum atomic E-state index is -4.15. The van der Waals surface area contributed by atoms with E-state index in [0.29, 0.717) is 39.8 Å². The second kappa shape index (κ2) is 13.5. The van der Waals surface area contributed by atoms with Gasteiger partial charge in [-0.05, 0) is 41.6 Å². The van der Waals surface area contributed by atoms with Gasteiger partial charge in [-0.25, -0.2) is 13.4 Å². The molecular weight excluding hydrogens is 661 g/mol. The number of hydrazine groups is 2. The lowest BCUT2D eigenvalue weighted by Crippen LogP contribution is -2.50. The van der Waals surface area contributed by atoms with E-state index in [-0.39, 0.29) is 16.7 Å². The Morgan fingerprint density at radius 1 is 0.717 bits per heavy atom. The third kappa shape index (κ3) is 6.35. The molecule has 0 fully saturated rings. The Morgan fingerprint density at radius 3 is 1.80 bits per heavy atom. The summed E-state index contributed by atoms with van der Waals surface area (Å²) in [6.07, 6.45) is 0. The van der Waals surface area contributed by atoms with Crippen LogP contribution in [-0.4, -0.2) is 81.8 Å². The van der Waals surface area contributed by atoms with Crippen molar-refractivity contribution in [2.24, 2.45) is 0 Å². The molecule has 0 atom stereocenters. The van der Waals surface area contributed by atoms with Gasteiger partial charge in [0.15, 0.2) is 0 Å². The number of thioether (sulfide) groups is 2. The molecule has 240 valence electrons. The van der Waals surface area contributed by atoms with Crippen molar-refractivity contribution >= 4 is 90.2 Å². The van der Waals surface area contributed by atoms with Crippen LogP contribution in [-0.2, 0) is 19.6 Å². The molecule has 0 saturated heterocycles. The van der Waals surface area contributed by atoms with Crippen molar-refractivity contribution in [2.75, 3.05) is 62.6 Å². The molecule has 0 bridgehead atoms. The average molecular weight is 695 g/mol. The minimum absolute atomic E-state index is 0.179. The lowest BCUT2D eigenvalue weighted by atomic mass is 10.1. The molecule has 2 aliphatic rings. The Labute approximate surface area is 281 Å². The van der Waals surface area contributed by atoms with Gasteiger partial charge < -0.3 is 9.80 Å². The van der Waals surface area contributed by atoms with E-state index in [0.717, 1.165) is 44.4 Å². The van der Waals surface area contributed by atoms with Crippen LogP contribution in [0.1, 0.15) is 0 Å². The van der Waals surface area contributed by atoms with Crippen LogP contribution in [0.25, 0.3) is 21.5 Å². The highest BCUT2D eigenvalue weighted by atomic mass is 32.3. The predicted molar refractivity (Wildman–Crippen MR) is 191 cm³/mol. The Kier molecular flexibility index (Phi) is 9.57. The van der Waals surface area contributed by atoms with Crippen LogP contribution >= 0.6 is 35.5 Å². The molecule has 0 saturated carbocycles. The summed E-state index contributed by atoms with van der Waals surface area (Å²) >= 11 is 3.72. The Hall–Kier alpha value is -3.24. The maximum atomic E-state index is 14.8. The molecule has 46 heavy (non-hydrogen) atoms. The maximum Gasteiger partial charge on any atom is 0.267 e. The van der Waals surface area contributed by atoms with Crippen molar-refractivity contribution in [1.82, 2.24) is 19.7 Å². The summed E-state index contributed by atoms with van der Waals surface area (Å²) < 4.78 is 30.8. The summed E-state index contributed by atoms with van der Waals surface area (Å²) in [5.41, 5.74) is 5.17. The molecule has 2 aliphatic heterocycles. The molecule has 2 amide bonds. The number of sulfonamides is 1. The largest absolute Gasteiger partial charge is 0.377 e. The van der Waals surface area contributed by atoms with Crippen LogP contribution in [0.15, 0.2) is 92.4 Å². The van der Waals surface area contributed by atoms with Crippen LogP contribution in [0.4, 0.5) is 11.4 Å². The Bertz CT molecular complexity index is 1950. The van der Waals surface area contributed by atoms with E-state index in [1.807, 2.05) is 104 Å². The number of benzene rings is 4. The number of amides is 2. The van der Waals surface area contributed by atoms with Gasteiger partial charge in [-0.1, -0.05) is 52.4 Å². The zero-order valence-electron chi connectivity index (χ0n) is 25.8. The highest BCUT2D eigenvalue weighted by Crippen LogP contribution is 2.39. The summed E-state index contributed by atoms with van der Waals surface area (Å²) in [5.74, 6) is 0.207. The second-order valence-corrected chi connectivity index (χ2v) is 16.3. The average Bonchev–Trinajstić information content (AvgIpc) is 3.35. The van der Waals surface area contributed by atoms with Crippen LogP contribution in [0.2, 0.25) is 0 Å². The van der Waals surface area contributed by atoms with Gasteiger partial charge in [-0.15, -0.1) is 23.5 Å². The Balaban J connectivity index is 1.40. The van der Waals surface area contributed by atoms with E-state index in [4.69, 9.17) is 0 Å². The summed E-state index contributed by atoms with van der Waals surface area (Å²) in [4.78, 5) is 30.5. The Morgan fingerprint density at radius 2 is 1.22 bits per heavy atom. The number of hydrogen-bond acceptors (Lipinski definition) is 11. The number of nitrogens with one attached hydrogen (secondary N) is 2. The van der Waals surface area contributed by atoms with Gasteiger partial charge in [0, 0.05) is 85.2 Å². The van der Waals surface area contributed by atoms with Gasteiger partial charge in [0.25, 0.3) is 21.8 Å². The number of imide groups is 1. The standard InChI is InChI=1S/C32H34N6O4S4/c1-35(2)25-13-5-11-23-21(25)9-7-15-27(23)45-38(34-37-17-19-43-29-30(44-20-18-37)32(40)33-31(29)39)46(41,42)28-16-8-10-22-24(28)12-6-14-26(22)36(3)4/h5-16,34H,17-20H2,1-4H3,(H,33,39,40). The molecule has 14 heteroatoms. The van der Waals surface area contributed by atoms with Crippen molar-refractivity contribution in [3.05, 3.63) is 82.6 Å². The summed E-state index contributed by atoms with van der Waals surface area (Å²) in [5, 5.41) is 7.60. The van der Waals surface area contributed by atoms with Gasteiger partial charge in [0.2, 0.25) is 0 Å². The van der Waals surface area contributed by atoms with Crippen LogP contribution in [0.3, 0.4) is 0 Å². The molecule has 4 aromatic carbocycles. The van der Waals surface area contributed by atoms with E-state index in [2.05, 4.69) is 10.9 Å². The third-order valence-electron chi connectivity index (χ3n) is 7.64. The van der Waals surface area contributed by atoms with Gasteiger partial charge in [-0.2, -0.15) is 5.53 Å². The van der Waals surface area contributed by atoms with Crippen molar-refractivity contribution in [2.45, 2.75) is 9.79 Å². The quantitative estimate of drug-likeness (QED) is 0.150. The molecule has 2 N–H and O–H groups in total. The summed E-state index contributed by atoms with van der Waals surface area (Å²) in [6, 6.07) is 22.9. The fourth-order valence-electron chi connectivity index (χ4n) is 5.44. The SMILES string of the molecule is CN(C)c1cccc2c(SN(NN3CCSC4=C(SCC3)C(=O)NC4=O)S(=O)(=O)c3cccc4c(N(C)C)cccc34)cccc12. The second-order valence-electron chi connectivity index (χ2n) is 11.1. The zero-order valence-corrected chi connectivity index (χ0v) is 29.1. The smallest absolute Gasteiger partial charge is 0.267 e. The molecule has 0 aliphatic carbocycles. The van der Waals surface area contributed by atoms with Gasteiger partial charge in [0.05, 0.1) is 14.7 Å². The predicted octanol–water partition coefficient (Wildman–Crippen LogP) is 4.89. The first-order chi connectivity index (χ1) is 22.1. The first-order valence-corrected chi connectivity index (χ1v) is 18.7. The van der Waals surface area contributed by atoms with E-state index in [9.17, 15) is 18.0 Å². The monoisotopic (exact) mass is 694 g/mol. The maximum absolute atomic E-state index is 14.8. The number of nitrogens with zero attached hydrogens (tertiary/aromatic N) is 4. The molecule has 0 spiro atoms. The van der Waals surface area contributed by atoms with E-state index >= 15 is 0 Å². The summed E-state index contributed by atoms with van der Waals surface area (Å²) in [6.45, 7) is 0.855. The fourth-order valence-corrected chi connectivity index (χ4v) is 10.4. The van der Waals surface area contributed by atoms with Gasteiger partial charge in [0.1, 0.15) is 0 Å². The number of carbonyl (C=O) groups excluding carboxylic acids is 2. The molecule has 4 aromatic rings. The molecule has 2 heterocycles. The van der Waals surface area contributed by atoms with Crippen LogP contribution < -0.4 is 20.7 Å². The molecule has 6 rings (SSSR count). The van der Waals surface area contributed by atoms with E-state index in [1.165, 1.54) is 27.3 Å². The van der Waals surface area contributed by atoms with Crippen molar-refractivity contribution in [3.63, 3.8) is 0 Å². The highest BCUT2D eigenvalue weighted by molar-refractivity contribution is 8.09. The van der Waals surface area contributed by atoms with E-state index in [1.54, 1.807) is 12.1 Å². The van der Waals surface area contributed by atoms with Gasteiger partial charge in [-0.3, -0.25) is 14.9 Å². The third-order valence-corrected chi connectivity index (χ3v) is 12.9. The lowest BCUT2D eigenvalue weighted by Gasteiger charge is -2.30. The molecule has 0 unspecified atom stereocenters. The zero-order chi connectivity index (χ0) is 32.6. The number of anilines is 2. The number of fused-ring (bicyclic) bond motifs is 2. The highest BCUT2D eigenvalue weighted by Gasteiger charge is 2.34. The first-order valence-electron chi connectivity index (χ1n) is 14.5. The van der Waals surface area contributed by atoms with Crippen molar-refractivity contribution in [1.29, 1.82) is 0 Å². The van der Waals surface area contributed by atoms with Crippen molar-refractivity contribution in [3.8, 4) is 0 Å². The normalized spacial score (nSPS) is 16.4. The minimum Gasteiger partial charge on any atom is -0.377 e. The number of rotatable bonds is 8. The molecule has 10 nitrogen and oxygen atoms in total. The lowest BCUT2D eigenvalue weighted by molar-refractivity contribution is -0.123. The topological polar surface area (TPSA) is 105 Å². The molecule has 0 radical (unpaired) electrons. The molecule has 0 aromatic heterocycles. The number of hydrogen-bond donors (Lipinski definition) is 2. The first kappa shape index (κ1) is 32.7. The van der Waals surface area contributed by atoms with Gasteiger partial charge >= 0.3 is 0 Å². The van der Waals surface area contributed by atoms with Crippen LogP contribution in [0, 0.1) is 0 Å². The fraction of sp³-hybridized carbons (Fsp3) is 0.250. The summed E-state index contributed by atoms with van der Waals surface area (Å²) in [7, 11) is 3.68. The van der Waals surface area contributed by atoms with Crippen LogP contribution in [0.5, 0.6) is 0 Å². The number of carbonyl (C=O) groups is 2.